The number of thiocarbonyl (C=S) groups is 1. The van der Waals surface area contributed by atoms with E-state index in [2.05, 4.69) is 9.88 Å². The first-order chi connectivity index (χ1) is 7.70. The van der Waals surface area contributed by atoms with E-state index in [1.165, 1.54) is 0 Å². The Balaban J connectivity index is 2.15. The van der Waals surface area contributed by atoms with Gasteiger partial charge in [-0.25, -0.2) is 4.98 Å². The summed E-state index contributed by atoms with van der Waals surface area (Å²) in [6.07, 6.45) is 1.34. The van der Waals surface area contributed by atoms with Crippen molar-refractivity contribution in [3.63, 3.8) is 0 Å². The fourth-order valence-electron chi connectivity index (χ4n) is 1.87. The van der Waals surface area contributed by atoms with Crippen molar-refractivity contribution in [2.24, 2.45) is 5.73 Å². The van der Waals surface area contributed by atoms with Gasteiger partial charge in [0.25, 0.3) is 0 Å². The highest BCUT2D eigenvalue weighted by atomic mass is 32.1. The van der Waals surface area contributed by atoms with Gasteiger partial charge in [0, 0.05) is 20.2 Å². The summed E-state index contributed by atoms with van der Waals surface area (Å²) in [6.45, 7) is 1.84. The Labute approximate surface area is 100 Å². The predicted octanol–water partition coefficient (Wildman–Crippen LogP) is 0.941. The van der Waals surface area contributed by atoms with Gasteiger partial charge in [-0.05, 0) is 18.6 Å². The van der Waals surface area contributed by atoms with Gasteiger partial charge in [0.05, 0.1) is 11.8 Å². The lowest BCUT2D eigenvalue weighted by Gasteiger charge is -2.17. The second-order valence-corrected chi connectivity index (χ2v) is 4.28. The third kappa shape index (κ3) is 2.31. The molecule has 1 aromatic heterocycles. The van der Waals surface area contributed by atoms with Crippen LogP contribution in [0.15, 0.2) is 18.2 Å². The van der Waals surface area contributed by atoms with Gasteiger partial charge in [0.1, 0.15) is 10.8 Å². The van der Waals surface area contributed by atoms with Crippen molar-refractivity contribution >= 4 is 23.0 Å². The maximum atomic E-state index is 5.56. The number of nitrogens with two attached hydrogens (primary N) is 1. The van der Waals surface area contributed by atoms with E-state index in [0.717, 1.165) is 25.3 Å². The van der Waals surface area contributed by atoms with Crippen molar-refractivity contribution in [1.29, 1.82) is 0 Å². The standard InChI is InChI=1S/C11H15N3OS/c1-15-8-5-6-14(7-8)10-4-2-3-9(13-10)11(12)16/h2-4,8H,5-7H2,1H3,(H2,12,16). The van der Waals surface area contributed by atoms with E-state index in [9.17, 15) is 0 Å². The number of ether oxygens (including phenoxy) is 1. The Morgan fingerprint density at radius 1 is 1.62 bits per heavy atom. The SMILES string of the molecule is COC1CCN(c2cccc(C(N)=S)n2)C1. The molecule has 1 atom stereocenters. The average Bonchev–Trinajstić information content (AvgIpc) is 2.77. The van der Waals surface area contributed by atoms with Crippen molar-refractivity contribution < 1.29 is 4.74 Å². The van der Waals surface area contributed by atoms with Crippen LogP contribution in [0.5, 0.6) is 0 Å². The van der Waals surface area contributed by atoms with Gasteiger partial charge in [-0.3, -0.25) is 0 Å². The Morgan fingerprint density at radius 2 is 2.44 bits per heavy atom. The van der Waals surface area contributed by atoms with Crippen LogP contribution in [0.25, 0.3) is 0 Å². The summed E-state index contributed by atoms with van der Waals surface area (Å²) < 4.78 is 5.32. The number of pyridine rings is 1. The molecule has 0 aromatic carbocycles. The molecule has 1 aliphatic rings. The predicted molar refractivity (Wildman–Crippen MR) is 67.8 cm³/mol. The molecule has 1 aromatic rings. The molecule has 0 spiro atoms. The highest BCUT2D eigenvalue weighted by Crippen LogP contribution is 2.19. The van der Waals surface area contributed by atoms with Crippen molar-refractivity contribution in [2.45, 2.75) is 12.5 Å². The van der Waals surface area contributed by atoms with E-state index in [-0.39, 0.29) is 0 Å². The topological polar surface area (TPSA) is 51.4 Å². The van der Waals surface area contributed by atoms with E-state index in [1.54, 1.807) is 7.11 Å². The molecule has 1 saturated heterocycles. The van der Waals surface area contributed by atoms with Crippen LogP contribution in [0, 0.1) is 0 Å². The number of aromatic nitrogens is 1. The van der Waals surface area contributed by atoms with E-state index in [1.807, 2.05) is 18.2 Å². The van der Waals surface area contributed by atoms with Gasteiger partial charge in [-0.2, -0.15) is 0 Å². The van der Waals surface area contributed by atoms with Crippen LogP contribution >= 0.6 is 12.2 Å². The Hall–Kier alpha value is -1.20. The molecular weight excluding hydrogens is 222 g/mol. The van der Waals surface area contributed by atoms with Crippen molar-refractivity contribution in [2.75, 3.05) is 25.1 Å². The molecule has 1 aliphatic heterocycles. The first-order valence-electron chi connectivity index (χ1n) is 5.25. The maximum absolute atomic E-state index is 5.56. The molecule has 0 aliphatic carbocycles. The average molecular weight is 237 g/mol. The second kappa shape index (κ2) is 4.76. The minimum atomic E-state index is 0.301. The highest BCUT2D eigenvalue weighted by Gasteiger charge is 2.23. The normalized spacial score (nSPS) is 20.1. The Bertz CT molecular complexity index is 397. The van der Waals surface area contributed by atoms with Crippen LogP contribution in [0.4, 0.5) is 5.82 Å². The maximum Gasteiger partial charge on any atom is 0.129 e. The van der Waals surface area contributed by atoms with Crippen LogP contribution in [0.1, 0.15) is 12.1 Å². The molecule has 16 heavy (non-hydrogen) atoms. The number of hydrogen-bond donors (Lipinski definition) is 1. The molecule has 86 valence electrons. The summed E-state index contributed by atoms with van der Waals surface area (Å²) in [5.74, 6) is 0.921. The molecule has 0 amide bonds. The number of nitrogens with zero attached hydrogens (tertiary/aromatic N) is 2. The zero-order chi connectivity index (χ0) is 11.5. The third-order valence-electron chi connectivity index (χ3n) is 2.79. The molecule has 2 N–H and O–H groups in total. The van der Waals surface area contributed by atoms with Crippen molar-refractivity contribution in [3.05, 3.63) is 23.9 Å². The Morgan fingerprint density at radius 3 is 3.06 bits per heavy atom. The molecule has 2 rings (SSSR count). The number of hydrogen-bond acceptors (Lipinski definition) is 4. The molecule has 0 bridgehead atoms. The summed E-state index contributed by atoms with van der Waals surface area (Å²) in [5.41, 5.74) is 6.23. The lowest BCUT2D eigenvalue weighted by molar-refractivity contribution is 0.121. The van der Waals surface area contributed by atoms with Crippen LogP contribution in [0.2, 0.25) is 0 Å². The molecule has 0 radical (unpaired) electrons. The first kappa shape index (κ1) is 11.3. The molecule has 1 fully saturated rings. The number of anilines is 1. The van der Waals surface area contributed by atoms with E-state index < -0.39 is 0 Å². The lowest BCUT2D eigenvalue weighted by Crippen LogP contribution is -2.24. The minimum Gasteiger partial charge on any atom is -0.388 e. The summed E-state index contributed by atoms with van der Waals surface area (Å²) in [7, 11) is 1.74. The zero-order valence-electron chi connectivity index (χ0n) is 9.22. The zero-order valence-corrected chi connectivity index (χ0v) is 10.0. The van der Waals surface area contributed by atoms with Crippen LogP contribution in [-0.4, -0.2) is 36.3 Å². The van der Waals surface area contributed by atoms with Gasteiger partial charge in [0.15, 0.2) is 0 Å². The Kier molecular flexibility index (Phi) is 3.36. The molecule has 4 nitrogen and oxygen atoms in total. The second-order valence-electron chi connectivity index (χ2n) is 3.84. The van der Waals surface area contributed by atoms with E-state index in [4.69, 9.17) is 22.7 Å². The van der Waals surface area contributed by atoms with Crippen molar-refractivity contribution in [3.8, 4) is 0 Å². The van der Waals surface area contributed by atoms with Gasteiger partial charge in [0.2, 0.25) is 0 Å². The summed E-state index contributed by atoms with van der Waals surface area (Å²) in [4.78, 5) is 6.95. The van der Waals surface area contributed by atoms with Gasteiger partial charge < -0.3 is 15.4 Å². The van der Waals surface area contributed by atoms with E-state index in [0.29, 0.717) is 16.8 Å². The molecular formula is C11H15N3OS. The van der Waals surface area contributed by atoms with Crippen LogP contribution in [0.3, 0.4) is 0 Å². The lowest BCUT2D eigenvalue weighted by atomic mass is 10.3. The quantitative estimate of drug-likeness (QED) is 0.793. The van der Waals surface area contributed by atoms with E-state index >= 15 is 0 Å². The fraction of sp³-hybridized carbons (Fsp3) is 0.455. The molecule has 0 saturated carbocycles. The highest BCUT2D eigenvalue weighted by molar-refractivity contribution is 7.80. The van der Waals surface area contributed by atoms with Gasteiger partial charge in [-0.15, -0.1) is 0 Å². The monoisotopic (exact) mass is 237 g/mol. The minimum absolute atomic E-state index is 0.301. The number of methoxy groups -OCH3 is 1. The van der Waals surface area contributed by atoms with Crippen molar-refractivity contribution in [1.82, 2.24) is 4.98 Å². The van der Waals surface area contributed by atoms with Crippen LogP contribution < -0.4 is 10.6 Å². The van der Waals surface area contributed by atoms with Gasteiger partial charge in [-0.1, -0.05) is 18.3 Å². The largest absolute Gasteiger partial charge is 0.388 e. The third-order valence-corrected chi connectivity index (χ3v) is 3.00. The molecule has 2 heterocycles. The summed E-state index contributed by atoms with van der Waals surface area (Å²) >= 11 is 4.91. The number of rotatable bonds is 3. The first-order valence-corrected chi connectivity index (χ1v) is 5.66. The van der Waals surface area contributed by atoms with Gasteiger partial charge >= 0.3 is 0 Å². The molecule has 1 unspecified atom stereocenters. The summed E-state index contributed by atoms with van der Waals surface area (Å²) in [5, 5.41) is 0. The molecule has 5 heteroatoms. The smallest absolute Gasteiger partial charge is 0.129 e. The van der Waals surface area contributed by atoms with Crippen LogP contribution in [-0.2, 0) is 4.74 Å². The summed E-state index contributed by atoms with van der Waals surface area (Å²) in [6, 6.07) is 5.73. The fourth-order valence-corrected chi connectivity index (χ4v) is 1.98.